The summed E-state index contributed by atoms with van der Waals surface area (Å²) in [6.45, 7) is 9.24. The summed E-state index contributed by atoms with van der Waals surface area (Å²) in [6, 6.07) is 9.92. The first-order valence-corrected chi connectivity index (χ1v) is 8.64. The van der Waals surface area contributed by atoms with Gasteiger partial charge in [0.1, 0.15) is 12.4 Å². The van der Waals surface area contributed by atoms with Crippen LogP contribution in [0.2, 0.25) is 0 Å². The Bertz CT molecular complexity index is 496. The molecule has 2 heterocycles. The van der Waals surface area contributed by atoms with Crippen LogP contribution in [0.15, 0.2) is 30.3 Å². The Balaban J connectivity index is 1.36. The molecule has 1 unspecified atom stereocenters. The molecule has 2 saturated heterocycles. The second kappa shape index (κ2) is 7.79. The SMILES string of the molecule is CC(C(=O)N1CCN(CCOc2ccccc2)CC1)C1CNC1. The minimum Gasteiger partial charge on any atom is -0.492 e. The molecule has 1 atom stereocenters. The second-order valence-electron chi connectivity index (χ2n) is 6.54. The largest absolute Gasteiger partial charge is 0.492 e. The lowest BCUT2D eigenvalue weighted by Gasteiger charge is -2.39. The van der Waals surface area contributed by atoms with E-state index >= 15 is 0 Å². The molecule has 1 aromatic carbocycles. The Morgan fingerprint density at radius 1 is 1.22 bits per heavy atom. The summed E-state index contributed by atoms with van der Waals surface area (Å²) in [4.78, 5) is 16.9. The lowest BCUT2D eigenvalue weighted by atomic mass is 9.88. The molecule has 5 heteroatoms. The summed E-state index contributed by atoms with van der Waals surface area (Å²) >= 11 is 0. The normalized spacial score (nSPS) is 20.8. The number of hydrogen-bond acceptors (Lipinski definition) is 4. The van der Waals surface area contributed by atoms with Gasteiger partial charge in [0.15, 0.2) is 0 Å². The highest BCUT2D eigenvalue weighted by Gasteiger charge is 2.32. The molecular weight excluding hydrogens is 290 g/mol. The zero-order valence-corrected chi connectivity index (χ0v) is 13.9. The minimum absolute atomic E-state index is 0.157. The summed E-state index contributed by atoms with van der Waals surface area (Å²) in [5, 5.41) is 3.25. The molecule has 23 heavy (non-hydrogen) atoms. The van der Waals surface area contributed by atoms with Gasteiger partial charge in [0.2, 0.25) is 5.91 Å². The summed E-state index contributed by atoms with van der Waals surface area (Å²) in [7, 11) is 0. The summed E-state index contributed by atoms with van der Waals surface area (Å²) in [5.41, 5.74) is 0. The van der Waals surface area contributed by atoms with Crippen LogP contribution in [0.1, 0.15) is 6.92 Å². The molecule has 1 N–H and O–H groups in total. The molecule has 3 rings (SSSR count). The smallest absolute Gasteiger partial charge is 0.225 e. The standard InChI is InChI=1S/C18H27N3O2/c1-15(16-13-19-14-16)18(22)21-9-7-20(8-10-21)11-12-23-17-5-3-2-4-6-17/h2-6,15-16,19H,7-14H2,1H3. The predicted octanol–water partition coefficient (Wildman–Crippen LogP) is 1.07. The van der Waals surface area contributed by atoms with E-state index in [2.05, 4.69) is 17.1 Å². The number of amides is 1. The van der Waals surface area contributed by atoms with Crippen LogP contribution in [0.3, 0.4) is 0 Å². The molecule has 2 aliphatic heterocycles. The Kier molecular flexibility index (Phi) is 5.51. The van der Waals surface area contributed by atoms with Crippen molar-refractivity contribution >= 4 is 5.91 Å². The number of para-hydroxylation sites is 1. The summed E-state index contributed by atoms with van der Waals surface area (Å²) in [6.07, 6.45) is 0. The fourth-order valence-electron chi connectivity index (χ4n) is 3.16. The van der Waals surface area contributed by atoms with Crippen molar-refractivity contribution in [2.45, 2.75) is 6.92 Å². The Hall–Kier alpha value is -1.59. The first-order chi connectivity index (χ1) is 11.2. The molecular formula is C18H27N3O2. The number of benzene rings is 1. The molecule has 126 valence electrons. The van der Waals surface area contributed by atoms with Crippen LogP contribution in [0.4, 0.5) is 0 Å². The lowest BCUT2D eigenvalue weighted by Crippen LogP contribution is -2.54. The number of nitrogens with zero attached hydrogens (tertiary/aromatic N) is 2. The van der Waals surface area contributed by atoms with Gasteiger partial charge in [-0.3, -0.25) is 9.69 Å². The highest BCUT2D eigenvalue weighted by atomic mass is 16.5. The molecule has 5 nitrogen and oxygen atoms in total. The van der Waals surface area contributed by atoms with E-state index in [9.17, 15) is 4.79 Å². The Morgan fingerprint density at radius 3 is 2.52 bits per heavy atom. The van der Waals surface area contributed by atoms with Gasteiger partial charge in [0, 0.05) is 38.6 Å². The Morgan fingerprint density at radius 2 is 1.91 bits per heavy atom. The minimum atomic E-state index is 0.157. The maximum Gasteiger partial charge on any atom is 0.225 e. The van der Waals surface area contributed by atoms with Gasteiger partial charge >= 0.3 is 0 Å². The van der Waals surface area contributed by atoms with Crippen LogP contribution in [-0.2, 0) is 4.79 Å². The van der Waals surface area contributed by atoms with Gasteiger partial charge in [-0.25, -0.2) is 0 Å². The zero-order chi connectivity index (χ0) is 16.1. The first kappa shape index (κ1) is 16.3. The van der Waals surface area contributed by atoms with Gasteiger partial charge in [0.05, 0.1) is 0 Å². The van der Waals surface area contributed by atoms with E-state index in [0.717, 1.165) is 51.6 Å². The molecule has 2 aliphatic rings. The number of carbonyl (C=O) groups is 1. The third-order valence-corrected chi connectivity index (χ3v) is 5.01. The maximum absolute atomic E-state index is 12.5. The topological polar surface area (TPSA) is 44.8 Å². The van der Waals surface area contributed by atoms with Crippen LogP contribution in [0.5, 0.6) is 5.75 Å². The molecule has 2 fully saturated rings. The second-order valence-corrected chi connectivity index (χ2v) is 6.54. The maximum atomic E-state index is 12.5. The first-order valence-electron chi connectivity index (χ1n) is 8.64. The van der Waals surface area contributed by atoms with Crippen LogP contribution in [-0.4, -0.2) is 68.1 Å². The number of piperazine rings is 1. The molecule has 0 aromatic heterocycles. The number of rotatable bonds is 6. The van der Waals surface area contributed by atoms with E-state index < -0.39 is 0 Å². The molecule has 0 radical (unpaired) electrons. The highest BCUT2D eigenvalue weighted by Crippen LogP contribution is 2.19. The molecule has 1 aromatic rings. The summed E-state index contributed by atoms with van der Waals surface area (Å²) < 4.78 is 5.75. The van der Waals surface area contributed by atoms with Crippen molar-refractivity contribution in [2.24, 2.45) is 11.8 Å². The van der Waals surface area contributed by atoms with Gasteiger partial charge in [0.25, 0.3) is 0 Å². The van der Waals surface area contributed by atoms with Crippen LogP contribution in [0, 0.1) is 11.8 Å². The molecule has 1 amide bonds. The van der Waals surface area contributed by atoms with E-state index in [1.807, 2.05) is 35.2 Å². The van der Waals surface area contributed by atoms with E-state index in [1.54, 1.807) is 0 Å². The quantitative estimate of drug-likeness (QED) is 0.852. The van der Waals surface area contributed by atoms with E-state index in [0.29, 0.717) is 18.4 Å². The van der Waals surface area contributed by atoms with Crippen LogP contribution in [0.25, 0.3) is 0 Å². The average Bonchev–Trinajstić information content (AvgIpc) is 2.54. The number of hydrogen-bond donors (Lipinski definition) is 1. The van der Waals surface area contributed by atoms with Crippen molar-refractivity contribution in [3.8, 4) is 5.75 Å². The highest BCUT2D eigenvalue weighted by molar-refractivity contribution is 5.79. The van der Waals surface area contributed by atoms with E-state index in [-0.39, 0.29) is 5.92 Å². The zero-order valence-electron chi connectivity index (χ0n) is 13.9. The molecule has 0 saturated carbocycles. The number of ether oxygens (including phenoxy) is 1. The van der Waals surface area contributed by atoms with Crippen LogP contribution < -0.4 is 10.1 Å². The third kappa shape index (κ3) is 4.24. The molecule has 0 spiro atoms. The van der Waals surface area contributed by atoms with E-state index in [4.69, 9.17) is 4.74 Å². The number of nitrogens with one attached hydrogen (secondary N) is 1. The van der Waals surface area contributed by atoms with Crippen molar-refractivity contribution in [3.05, 3.63) is 30.3 Å². The van der Waals surface area contributed by atoms with Gasteiger partial charge in [-0.1, -0.05) is 25.1 Å². The van der Waals surface area contributed by atoms with Crippen LogP contribution >= 0.6 is 0 Å². The van der Waals surface area contributed by atoms with Gasteiger partial charge < -0.3 is 15.0 Å². The molecule has 0 aliphatic carbocycles. The van der Waals surface area contributed by atoms with Crippen molar-refractivity contribution in [2.75, 3.05) is 52.4 Å². The predicted molar refractivity (Wildman–Crippen MR) is 90.5 cm³/mol. The third-order valence-electron chi connectivity index (χ3n) is 5.01. The van der Waals surface area contributed by atoms with E-state index in [1.165, 1.54) is 0 Å². The monoisotopic (exact) mass is 317 g/mol. The fourth-order valence-corrected chi connectivity index (χ4v) is 3.16. The van der Waals surface area contributed by atoms with Gasteiger partial charge in [-0.2, -0.15) is 0 Å². The van der Waals surface area contributed by atoms with Gasteiger partial charge in [-0.05, 0) is 31.1 Å². The van der Waals surface area contributed by atoms with Crippen molar-refractivity contribution < 1.29 is 9.53 Å². The fraction of sp³-hybridized carbons (Fsp3) is 0.611. The van der Waals surface area contributed by atoms with Crippen molar-refractivity contribution in [1.29, 1.82) is 0 Å². The average molecular weight is 317 g/mol. The van der Waals surface area contributed by atoms with Gasteiger partial charge in [-0.15, -0.1) is 0 Å². The molecule has 0 bridgehead atoms. The summed E-state index contributed by atoms with van der Waals surface area (Å²) in [5.74, 6) is 1.94. The van der Waals surface area contributed by atoms with Crippen molar-refractivity contribution in [1.82, 2.24) is 15.1 Å². The number of carbonyl (C=O) groups excluding carboxylic acids is 1. The van der Waals surface area contributed by atoms with Crippen molar-refractivity contribution in [3.63, 3.8) is 0 Å². The Labute approximate surface area is 138 Å². The lowest BCUT2D eigenvalue weighted by molar-refractivity contribution is -0.139.